The maximum Gasteiger partial charge on any atom is 0.250 e. The lowest BCUT2D eigenvalue weighted by atomic mass is 9.94. The van der Waals surface area contributed by atoms with Gasteiger partial charge in [-0.3, -0.25) is 0 Å². The number of piperidine rings is 1. The molecule has 0 spiro atoms. The molecule has 1 nitrogen and oxygen atoms in total. The molecular formula is C10H19F2N. The Morgan fingerprint density at radius 2 is 1.62 bits per heavy atom. The van der Waals surface area contributed by atoms with Crippen LogP contribution in [-0.4, -0.2) is 30.5 Å². The molecule has 0 saturated carbocycles. The predicted molar refractivity (Wildman–Crippen MR) is 50.1 cm³/mol. The summed E-state index contributed by atoms with van der Waals surface area (Å²) in [5.74, 6) is -2.41. The van der Waals surface area contributed by atoms with E-state index in [2.05, 4.69) is 25.7 Å². The Morgan fingerprint density at radius 1 is 1.15 bits per heavy atom. The van der Waals surface area contributed by atoms with Crippen LogP contribution < -0.4 is 0 Å². The average Bonchev–Trinajstić information content (AvgIpc) is 1.91. The Hall–Kier alpha value is -0.180. The van der Waals surface area contributed by atoms with Crippen molar-refractivity contribution < 1.29 is 8.78 Å². The Labute approximate surface area is 79.1 Å². The van der Waals surface area contributed by atoms with Crippen LogP contribution in [-0.2, 0) is 0 Å². The van der Waals surface area contributed by atoms with Gasteiger partial charge in [0.05, 0.1) is 0 Å². The molecule has 1 rings (SSSR count). The smallest absolute Gasteiger partial charge is 0.250 e. The van der Waals surface area contributed by atoms with Crippen molar-refractivity contribution in [1.82, 2.24) is 4.90 Å². The molecule has 1 aliphatic rings. The molecule has 3 heteroatoms. The van der Waals surface area contributed by atoms with Gasteiger partial charge in [-0.2, -0.15) is 0 Å². The third-order valence-corrected chi connectivity index (χ3v) is 2.29. The average molecular weight is 191 g/mol. The second-order valence-electron chi connectivity index (χ2n) is 5.19. The molecule has 1 heterocycles. The number of halogens is 2. The number of hydrogen-bond donors (Lipinski definition) is 0. The lowest BCUT2D eigenvalue weighted by molar-refractivity contribution is -0.0596. The fourth-order valence-electron chi connectivity index (χ4n) is 1.71. The molecule has 13 heavy (non-hydrogen) atoms. The van der Waals surface area contributed by atoms with Gasteiger partial charge in [-0.25, -0.2) is 8.78 Å². The molecule has 0 N–H and O–H groups in total. The monoisotopic (exact) mass is 191 g/mol. The predicted octanol–water partition coefficient (Wildman–Crippen LogP) is 2.76. The van der Waals surface area contributed by atoms with Crippen molar-refractivity contribution in [2.45, 2.75) is 39.5 Å². The number of likely N-dealkylation sites (tertiary alicyclic amines) is 1. The summed E-state index contributed by atoms with van der Waals surface area (Å²) in [6.45, 7) is 8.43. The van der Waals surface area contributed by atoms with E-state index < -0.39 is 5.92 Å². The van der Waals surface area contributed by atoms with E-state index in [1.165, 1.54) is 0 Å². The maximum atomic E-state index is 12.8. The van der Waals surface area contributed by atoms with Crippen molar-refractivity contribution in [3.63, 3.8) is 0 Å². The minimum atomic E-state index is -2.41. The Balaban J connectivity index is 2.34. The molecule has 1 saturated heterocycles. The van der Waals surface area contributed by atoms with Crippen molar-refractivity contribution in [3.8, 4) is 0 Å². The first-order chi connectivity index (χ1) is 5.79. The quantitative estimate of drug-likeness (QED) is 0.616. The van der Waals surface area contributed by atoms with Gasteiger partial charge in [0, 0.05) is 32.5 Å². The third kappa shape index (κ3) is 4.03. The minimum absolute atomic E-state index is 0.0308. The summed E-state index contributed by atoms with van der Waals surface area (Å²) in [5.41, 5.74) is 0.215. The van der Waals surface area contributed by atoms with E-state index in [1.807, 2.05) is 0 Å². The van der Waals surface area contributed by atoms with E-state index in [9.17, 15) is 8.78 Å². The van der Waals surface area contributed by atoms with Crippen molar-refractivity contribution in [3.05, 3.63) is 0 Å². The first-order valence-electron chi connectivity index (χ1n) is 4.89. The van der Waals surface area contributed by atoms with Crippen LogP contribution in [0, 0.1) is 5.41 Å². The second kappa shape index (κ2) is 3.52. The van der Waals surface area contributed by atoms with E-state index in [0.29, 0.717) is 13.1 Å². The zero-order valence-electron chi connectivity index (χ0n) is 8.74. The molecular weight excluding hydrogens is 172 g/mol. The second-order valence-corrected chi connectivity index (χ2v) is 5.19. The van der Waals surface area contributed by atoms with Crippen LogP contribution in [0.5, 0.6) is 0 Å². The fourth-order valence-corrected chi connectivity index (χ4v) is 1.71. The van der Waals surface area contributed by atoms with Crippen LogP contribution >= 0.6 is 0 Å². The van der Waals surface area contributed by atoms with E-state index in [1.54, 1.807) is 0 Å². The molecule has 1 aliphatic heterocycles. The highest BCUT2D eigenvalue weighted by Crippen LogP contribution is 2.29. The van der Waals surface area contributed by atoms with Crippen LogP contribution in [0.2, 0.25) is 0 Å². The highest BCUT2D eigenvalue weighted by Gasteiger charge is 2.34. The molecule has 0 atom stereocenters. The van der Waals surface area contributed by atoms with Crippen molar-refractivity contribution in [2.75, 3.05) is 19.6 Å². The van der Waals surface area contributed by atoms with Crippen molar-refractivity contribution in [1.29, 1.82) is 0 Å². The summed E-state index contributed by atoms with van der Waals surface area (Å²) >= 11 is 0. The van der Waals surface area contributed by atoms with Gasteiger partial charge in [0.15, 0.2) is 0 Å². The van der Waals surface area contributed by atoms with Gasteiger partial charge in [-0.05, 0) is 5.41 Å². The van der Waals surface area contributed by atoms with Gasteiger partial charge in [0.1, 0.15) is 0 Å². The summed E-state index contributed by atoms with van der Waals surface area (Å²) in [5, 5.41) is 0. The van der Waals surface area contributed by atoms with Gasteiger partial charge < -0.3 is 4.90 Å². The van der Waals surface area contributed by atoms with Crippen LogP contribution in [0.3, 0.4) is 0 Å². The molecule has 78 valence electrons. The van der Waals surface area contributed by atoms with Gasteiger partial charge in [-0.15, -0.1) is 0 Å². The van der Waals surface area contributed by atoms with Crippen LogP contribution in [0.4, 0.5) is 8.78 Å². The molecule has 0 radical (unpaired) electrons. The fraction of sp³-hybridized carbons (Fsp3) is 1.00. The van der Waals surface area contributed by atoms with Gasteiger partial charge in [0.25, 0.3) is 5.92 Å². The van der Waals surface area contributed by atoms with Gasteiger partial charge in [0.2, 0.25) is 0 Å². The number of nitrogens with zero attached hydrogens (tertiary/aromatic N) is 1. The summed E-state index contributed by atoms with van der Waals surface area (Å²) in [7, 11) is 0. The SMILES string of the molecule is CC(C)(C)CN1CCC(F)(F)CC1. The molecule has 0 aromatic heterocycles. The third-order valence-electron chi connectivity index (χ3n) is 2.29. The van der Waals surface area contributed by atoms with Crippen LogP contribution in [0.25, 0.3) is 0 Å². The summed E-state index contributed by atoms with van der Waals surface area (Å²) in [6.07, 6.45) is 0.0617. The van der Waals surface area contributed by atoms with Gasteiger partial charge >= 0.3 is 0 Å². The Kier molecular flexibility index (Phi) is 2.95. The van der Waals surface area contributed by atoms with Crippen LogP contribution in [0.1, 0.15) is 33.6 Å². The molecule has 0 unspecified atom stereocenters. The number of alkyl halides is 2. The molecule has 0 aliphatic carbocycles. The maximum absolute atomic E-state index is 12.8. The molecule has 0 aromatic rings. The van der Waals surface area contributed by atoms with Gasteiger partial charge in [-0.1, -0.05) is 20.8 Å². The standard InChI is InChI=1S/C10H19F2N/c1-9(2,3)8-13-6-4-10(11,12)5-7-13/h4-8H2,1-3H3. The van der Waals surface area contributed by atoms with Crippen LogP contribution in [0.15, 0.2) is 0 Å². The zero-order valence-corrected chi connectivity index (χ0v) is 8.74. The van der Waals surface area contributed by atoms with Crippen molar-refractivity contribution >= 4 is 0 Å². The van der Waals surface area contributed by atoms with E-state index in [0.717, 1.165) is 6.54 Å². The van der Waals surface area contributed by atoms with E-state index in [-0.39, 0.29) is 18.3 Å². The first kappa shape index (κ1) is 10.9. The van der Waals surface area contributed by atoms with Crippen molar-refractivity contribution in [2.24, 2.45) is 5.41 Å². The summed E-state index contributed by atoms with van der Waals surface area (Å²) in [4.78, 5) is 2.14. The van der Waals surface area contributed by atoms with E-state index >= 15 is 0 Å². The normalized spacial score (nSPS) is 24.7. The summed E-state index contributed by atoms with van der Waals surface area (Å²) < 4.78 is 25.6. The Bertz CT molecular complexity index is 162. The first-order valence-corrected chi connectivity index (χ1v) is 4.89. The number of hydrogen-bond acceptors (Lipinski definition) is 1. The summed E-state index contributed by atoms with van der Waals surface area (Å²) in [6, 6.07) is 0. The molecule has 0 bridgehead atoms. The highest BCUT2D eigenvalue weighted by molar-refractivity contribution is 4.79. The molecule has 0 amide bonds. The highest BCUT2D eigenvalue weighted by atomic mass is 19.3. The lowest BCUT2D eigenvalue weighted by Crippen LogP contribution is -2.42. The minimum Gasteiger partial charge on any atom is -0.302 e. The lowest BCUT2D eigenvalue weighted by Gasteiger charge is -2.35. The Morgan fingerprint density at radius 3 is 2.00 bits per heavy atom. The largest absolute Gasteiger partial charge is 0.302 e. The zero-order chi connectivity index (χ0) is 10.1. The number of rotatable bonds is 1. The molecule has 0 aromatic carbocycles. The topological polar surface area (TPSA) is 3.24 Å². The molecule has 1 fully saturated rings. The van der Waals surface area contributed by atoms with E-state index in [4.69, 9.17) is 0 Å².